The molecule has 0 radical (unpaired) electrons. The lowest BCUT2D eigenvalue weighted by atomic mass is 10.2. The van der Waals surface area contributed by atoms with Gasteiger partial charge in [0, 0.05) is 6.08 Å². The van der Waals surface area contributed by atoms with Crippen molar-refractivity contribution in [3.05, 3.63) is 34.9 Å². The van der Waals surface area contributed by atoms with Crippen molar-refractivity contribution in [3.8, 4) is 5.75 Å². The Labute approximate surface area is 93.3 Å². The van der Waals surface area contributed by atoms with Crippen molar-refractivity contribution in [1.82, 2.24) is 0 Å². The number of hydrogen-bond acceptors (Lipinski definition) is 3. The molecule has 0 heterocycles. The highest BCUT2D eigenvalue weighted by atomic mass is 35.5. The number of methoxy groups -OCH3 is 2. The van der Waals surface area contributed by atoms with Crippen LogP contribution in [0.15, 0.2) is 24.3 Å². The lowest BCUT2D eigenvalue weighted by Gasteiger charge is -2.04. The Hall–Kier alpha value is -1.48. The van der Waals surface area contributed by atoms with E-state index in [1.165, 1.54) is 20.3 Å². The predicted molar refractivity (Wildman–Crippen MR) is 59.1 cm³/mol. The van der Waals surface area contributed by atoms with Gasteiger partial charge in [-0.1, -0.05) is 23.7 Å². The van der Waals surface area contributed by atoms with Crippen LogP contribution in [-0.2, 0) is 9.53 Å². The van der Waals surface area contributed by atoms with Gasteiger partial charge in [-0.3, -0.25) is 0 Å². The highest BCUT2D eigenvalue weighted by Crippen LogP contribution is 2.28. The molecule has 4 heteroatoms. The molecule has 0 unspecified atom stereocenters. The molecule has 3 nitrogen and oxygen atoms in total. The Morgan fingerprint density at radius 2 is 2.13 bits per heavy atom. The zero-order chi connectivity index (χ0) is 11.3. The smallest absolute Gasteiger partial charge is 0.330 e. The summed E-state index contributed by atoms with van der Waals surface area (Å²) in [6.07, 6.45) is 2.89. The summed E-state index contributed by atoms with van der Waals surface area (Å²) >= 11 is 6.01. The Bertz CT molecular complexity index is 385. The monoisotopic (exact) mass is 226 g/mol. The van der Waals surface area contributed by atoms with Gasteiger partial charge in [-0.2, -0.15) is 0 Å². The van der Waals surface area contributed by atoms with Crippen molar-refractivity contribution in [3.63, 3.8) is 0 Å². The third-order valence-corrected chi connectivity index (χ3v) is 2.22. The highest BCUT2D eigenvalue weighted by Gasteiger charge is 2.03. The van der Waals surface area contributed by atoms with Gasteiger partial charge < -0.3 is 9.47 Å². The van der Waals surface area contributed by atoms with Crippen LogP contribution in [-0.4, -0.2) is 20.2 Å². The van der Waals surface area contributed by atoms with E-state index < -0.39 is 5.97 Å². The van der Waals surface area contributed by atoms with Gasteiger partial charge in [-0.05, 0) is 17.7 Å². The van der Waals surface area contributed by atoms with Crippen LogP contribution >= 0.6 is 11.6 Å². The standard InChI is InChI=1S/C11H11ClO3/c1-14-9-5-3-4-8(11(9)12)6-7-10(13)15-2/h3-7H,1-2H3. The molecule has 0 fully saturated rings. The molecule has 1 aromatic rings. The Balaban J connectivity index is 2.95. The van der Waals surface area contributed by atoms with Crippen LogP contribution in [0.4, 0.5) is 0 Å². The van der Waals surface area contributed by atoms with E-state index in [2.05, 4.69) is 4.74 Å². The number of carbonyl (C=O) groups excluding carboxylic acids is 1. The third-order valence-electron chi connectivity index (χ3n) is 1.81. The summed E-state index contributed by atoms with van der Waals surface area (Å²) < 4.78 is 9.51. The van der Waals surface area contributed by atoms with Crippen molar-refractivity contribution in [2.75, 3.05) is 14.2 Å². The van der Waals surface area contributed by atoms with Gasteiger partial charge in [0.1, 0.15) is 5.75 Å². The Morgan fingerprint density at radius 3 is 2.73 bits per heavy atom. The van der Waals surface area contributed by atoms with Crippen LogP contribution in [0.3, 0.4) is 0 Å². The number of carbonyl (C=O) groups is 1. The maximum atomic E-state index is 10.9. The first-order valence-corrected chi connectivity index (χ1v) is 4.65. The second kappa shape index (κ2) is 5.41. The molecular formula is C11H11ClO3. The van der Waals surface area contributed by atoms with Crippen molar-refractivity contribution < 1.29 is 14.3 Å². The Kier molecular flexibility index (Phi) is 4.18. The first-order valence-electron chi connectivity index (χ1n) is 4.27. The lowest BCUT2D eigenvalue weighted by molar-refractivity contribution is -0.134. The van der Waals surface area contributed by atoms with Crippen molar-refractivity contribution in [2.45, 2.75) is 0 Å². The summed E-state index contributed by atoms with van der Waals surface area (Å²) in [7, 11) is 2.86. The molecule has 0 amide bonds. The molecule has 0 saturated heterocycles. The summed E-state index contributed by atoms with van der Waals surface area (Å²) in [4.78, 5) is 10.9. The quantitative estimate of drug-likeness (QED) is 0.587. The lowest BCUT2D eigenvalue weighted by Crippen LogP contribution is -1.93. The second-order valence-corrected chi connectivity index (χ2v) is 3.10. The molecule has 0 atom stereocenters. The molecule has 0 spiro atoms. The molecule has 0 bridgehead atoms. The molecular weight excluding hydrogens is 216 g/mol. The topological polar surface area (TPSA) is 35.5 Å². The van der Waals surface area contributed by atoms with Gasteiger partial charge in [0.05, 0.1) is 19.2 Å². The zero-order valence-corrected chi connectivity index (χ0v) is 9.25. The van der Waals surface area contributed by atoms with Crippen LogP contribution in [0.5, 0.6) is 5.75 Å². The van der Waals surface area contributed by atoms with E-state index in [9.17, 15) is 4.79 Å². The van der Waals surface area contributed by atoms with E-state index in [1.54, 1.807) is 24.3 Å². The van der Waals surface area contributed by atoms with Crippen LogP contribution in [0.1, 0.15) is 5.56 Å². The molecule has 1 aromatic carbocycles. The normalized spacial score (nSPS) is 10.3. The summed E-state index contributed by atoms with van der Waals surface area (Å²) in [5.74, 6) is 0.151. The Morgan fingerprint density at radius 1 is 1.40 bits per heavy atom. The van der Waals surface area contributed by atoms with Gasteiger partial charge in [0.2, 0.25) is 0 Å². The number of ether oxygens (including phenoxy) is 2. The van der Waals surface area contributed by atoms with Gasteiger partial charge in [0.15, 0.2) is 0 Å². The maximum absolute atomic E-state index is 10.9. The number of halogens is 1. The maximum Gasteiger partial charge on any atom is 0.330 e. The number of hydrogen-bond donors (Lipinski definition) is 0. The zero-order valence-electron chi connectivity index (χ0n) is 8.49. The summed E-state index contributed by atoms with van der Waals surface area (Å²) in [6.45, 7) is 0. The molecule has 0 aliphatic rings. The first-order chi connectivity index (χ1) is 7.19. The average Bonchev–Trinajstić information content (AvgIpc) is 2.27. The molecule has 1 rings (SSSR count). The van der Waals surface area contributed by atoms with Crippen LogP contribution in [0.25, 0.3) is 6.08 Å². The van der Waals surface area contributed by atoms with Gasteiger partial charge in [-0.15, -0.1) is 0 Å². The van der Waals surface area contributed by atoms with Crippen molar-refractivity contribution in [2.24, 2.45) is 0 Å². The fourth-order valence-corrected chi connectivity index (χ4v) is 1.31. The molecule has 15 heavy (non-hydrogen) atoms. The van der Waals surface area contributed by atoms with Crippen molar-refractivity contribution >= 4 is 23.6 Å². The number of esters is 1. The molecule has 80 valence electrons. The summed E-state index contributed by atoms with van der Waals surface area (Å²) in [5, 5.41) is 0.472. The van der Waals surface area contributed by atoms with Crippen LogP contribution in [0, 0.1) is 0 Å². The fraction of sp³-hybridized carbons (Fsp3) is 0.182. The van der Waals surface area contributed by atoms with Gasteiger partial charge >= 0.3 is 5.97 Å². The number of rotatable bonds is 3. The van der Waals surface area contributed by atoms with E-state index in [1.807, 2.05) is 0 Å². The minimum atomic E-state index is -0.422. The molecule has 0 saturated carbocycles. The molecule has 0 N–H and O–H groups in total. The van der Waals surface area contributed by atoms with E-state index in [-0.39, 0.29) is 0 Å². The average molecular weight is 227 g/mol. The van der Waals surface area contributed by atoms with E-state index >= 15 is 0 Å². The minimum Gasteiger partial charge on any atom is -0.495 e. The third kappa shape index (κ3) is 2.99. The summed E-state index contributed by atoms with van der Waals surface area (Å²) in [6, 6.07) is 5.32. The molecule has 0 aliphatic carbocycles. The van der Waals surface area contributed by atoms with Gasteiger partial charge in [0.25, 0.3) is 0 Å². The van der Waals surface area contributed by atoms with Crippen LogP contribution in [0.2, 0.25) is 5.02 Å². The van der Waals surface area contributed by atoms with Gasteiger partial charge in [-0.25, -0.2) is 4.79 Å². The SMILES string of the molecule is COC(=O)C=Cc1cccc(OC)c1Cl. The molecule has 0 aliphatic heterocycles. The minimum absolute atomic E-state index is 0.422. The van der Waals surface area contributed by atoms with E-state index in [0.717, 1.165) is 0 Å². The second-order valence-electron chi connectivity index (χ2n) is 2.72. The van der Waals surface area contributed by atoms with E-state index in [4.69, 9.17) is 16.3 Å². The molecule has 0 aromatic heterocycles. The first kappa shape index (κ1) is 11.6. The fourth-order valence-electron chi connectivity index (χ4n) is 1.04. The largest absolute Gasteiger partial charge is 0.495 e. The highest BCUT2D eigenvalue weighted by molar-refractivity contribution is 6.33. The van der Waals surface area contributed by atoms with Crippen LogP contribution < -0.4 is 4.74 Å². The van der Waals surface area contributed by atoms with Crippen molar-refractivity contribution in [1.29, 1.82) is 0 Å². The van der Waals surface area contributed by atoms with E-state index in [0.29, 0.717) is 16.3 Å². The predicted octanol–water partition coefficient (Wildman–Crippen LogP) is 2.53. The number of benzene rings is 1. The summed E-state index contributed by atoms with van der Waals surface area (Å²) in [5.41, 5.74) is 0.710.